The minimum atomic E-state index is -0.671. The van der Waals surface area contributed by atoms with Gasteiger partial charge in [0.25, 0.3) is 0 Å². The van der Waals surface area contributed by atoms with Crippen LogP contribution in [0, 0.1) is 6.10 Å². The van der Waals surface area contributed by atoms with Gasteiger partial charge in [-0.2, -0.15) is 0 Å². The summed E-state index contributed by atoms with van der Waals surface area (Å²) >= 11 is 0. The van der Waals surface area contributed by atoms with E-state index in [1.54, 1.807) is 0 Å². The fourth-order valence-corrected chi connectivity index (χ4v) is 0.130. The summed E-state index contributed by atoms with van der Waals surface area (Å²) in [6.07, 6.45) is -0.427. The molecule has 0 fully saturated rings. The number of hydrogen-bond acceptors (Lipinski definition) is 3. The Labute approximate surface area is 97.8 Å². The molecular weight excluding hydrogens is 142 g/mol. The summed E-state index contributed by atoms with van der Waals surface area (Å²) in [5.41, 5.74) is 0. The van der Waals surface area contributed by atoms with Crippen molar-refractivity contribution in [3.8, 4) is 0 Å². The van der Waals surface area contributed by atoms with Gasteiger partial charge in [0.15, 0.2) is 0 Å². The first kappa shape index (κ1) is 16.6. The molecule has 0 rings (SSSR count). The van der Waals surface area contributed by atoms with Crippen LogP contribution in [0.4, 0.5) is 0 Å². The second kappa shape index (κ2) is 11.9. The fraction of sp³-hybridized carbons (Fsp3) is 0.250. The Bertz CT molecular complexity index is 76.2. The predicted molar refractivity (Wildman–Crippen MR) is 20.0 cm³/mol. The van der Waals surface area contributed by atoms with Crippen LogP contribution >= 0.6 is 0 Å². The maximum absolute atomic E-state index is 9.81. The zero-order chi connectivity index (χ0) is 5.70. The maximum atomic E-state index is 9.81. The molecule has 0 radical (unpaired) electrons. The van der Waals surface area contributed by atoms with Gasteiger partial charge >= 0.3 is 59.1 Å². The molecule has 0 aliphatic heterocycles. The van der Waals surface area contributed by atoms with Gasteiger partial charge < -0.3 is 20.8 Å². The molecule has 0 aliphatic carbocycles. The van der Waals surface area contributed by atoms with Gasteiger partial charge in [0.05, 0.1) is 6.29 Å². The van der Waals surface area contributed by atoms with Crippen molar-refractivity contribution < 1.29 is 73.8 Å². The van der Waals surface area contributed by atoms with E-state index in [1.807, 2.05) is 0 Å². The van der Waals surface area contributed by atoms with Gasteiger partial charge in [0.1, 0.15) is 0 Å². The van der Waals surface area contributed by atoms with E-state index in [0.29, 0.717) is 6.29 Å². The first-order valence-corrected chi connectivity index (χ1v) is 1.73. The number of aldehydes is 2. The summed E-state index contributed by atoms with van der Waals surface area (Å²) in [7, 11) is 0. The molecule has 0 aromatic carbocycles. The Kier molecular flexibility index (Phi) is 22.0. The van der Waals surface area contributed by atoms with Crippen molar-refractivity contribution in [2.24, 2.45) is 0 Å². The van der Waals surface area contributed by atoms with E-state index in [4.69, 9.17) is 0 Å². The summed E-state index contributed by atoms with van der Waals surface area (Å²) in [6, 6.07) is 0. The van der Waals surface area contributed by atoms with E-state index in [2.05, 4.69) is 0 Å². The molecule has 3 nitrogen and oxygen atoms in total. The van der Waals surface area contributed by atoms with Gasteiger partial charge in [-0.1, -0.05) is 0 Å². The summed E-state index contributed by atoms with van der Waals surface area (Å²) < 4.78 is 0. The molecule has 40 valence electrons. The van der Waals surface area contributed by atoms with Crippen molar-refractivity contribution in [2.45, 2.75) is 6.42 Å². The van der Waals surface area contributed by atoms with E-state index >= 15 is 0 Å². The van der Waals surface area contributed by atoms with Crippen LogP contribution in [0.5, 0.6) is 0 Å². The summed E-state index contributed by atoms with van der Waals surface area (Å²) in [4.78, 5) is 18.8. The zero-order valence-electron chi connectivity index (χ0n) is 5.59. The van der Waals surface area contributed by atoms with Crippen LogP contribution in [-0.2, 0) is 9.59 Å². The van der Waals surface area contributed by atoms with Crippen LogP contribution in [0.15, 0.2) is 0 Å². The largest absolute Gasteiger partial charge is 1.01 e. The van der Waals surface area contributed by atoms with Crippen LogP contribution in [0.2, 0.25) is 0 Å². The maximum Gasteiger partial charge on any atom is 1.00 e. The fourth-order valence-electron chi connectivity index (χ4n) is 0.130. The first-order chi connectivity index (χ1) is 3.31. The molecular formula is C4H4Na2O3. The monoisotopic (exact) mass is 146 g/mol. The van der Waals surface area contributed by atoms with Crippen molar-refractivity contribution >= 4 is 12.6 Å². The summed E-state index contributed by atoms with van der Waals surface area (Å²) in [6.45, 7) is 0. The van der Waals surface area contributed by atoms with Crippen LogP contribution in [0.1, 0.15) is 6.42 Å². The van der Waals surface area contributed by atoms with E-state index < -0.39 is 6.10 Å². The molecule has 0 saturated heterocycles. The Balaban J connectivity index is -0.000000180. The normalized spacial score (nSPS) is 5.89. The Hall–Kier alpha value is 1.17. The molecule has 0 atom stereocenters. The van der Waals surface area contributed by atoms with Crippen LogP contribution < -0.4 is 64.2 Å². The number of carbonyl (C=O) groups is 2. The molecule has 0 N–H and O–H groups in total. The molecule has 9 heavy (non-hydrogen) atoms. The third-order valence-corrected chi connectivity index (χ3v) is 0.416. The third-order valence-electron chi connectivity index (χ3n) is 0.416. The number of hydrogen-bond donors (Lipinski definition) is 0. The van der Waals surface area contributed by atoms with Gasteiger partial charge in [-0.25, -0.2) is 0 Å². The molecule has 0 aliphatic rings. The third kappa shape index (κ3) is 12.4. The molecule has 0 unspecified atom stereocenters. The van der Waals surface area contributed by atoms with Gasteiger partial charge in [-0.3, -0.25) is 0 Å². The summed E-state index contributed by atoms with van der Waals surface area (Å²) in [5, 5.41) is 9.81. The second-order valence-corrected chi connectivity index (χ2v) is 0.955. The van der Waals surface area contributed by atoms with Crippen LogP contribution in [-0.4, -0.2) is 12.6 Å². The average Bonchev–Trinajstić information content (AvgIpc) is 1.68. The van der Waals surface area contributed by atoms with Crippen molar-refractivity contribution in [2.75, 3.05) is 0 Å². The SMILES string of the molecule is O=CC[C-]([O-])C=O.[Na+].[Na+]. The van der Waals surface area contributed by atoms with Crippen molar-refractivity contribution in [1.29, 1.82) is 0 Å². The molecule has 0 aromatic rings. The topological polar surface area (TPSA) is 57.2 Å². The molecule has 0 saturated carbocycles. The molecule has 0 heterocycles. The molecule has 0 bridgehead atoms. The second-order valence-electron chi connectivity index (χ2n) is 0.955. The standard InChI is InChI=1S/C4H4O3.2Na/c5-2-1-4(7)3-6;;/h2-3H,1H2;;/q-2;2*+1. The van der Waals surface area contributed by atoms with E-state index in [9.17, 15) is 14.7 Å². The van der Waals surface area contributed by atoms with Crippen molar-refractivity contribution in [3.63, 3.8) is 0 Å². The van der Waals surface area contributed by atoms with Gasteiger partial charge in [0.2, 0.25) is 0 Å². The zero-order valence-corrected chi connectivity index (χ0v) is 9.59. The first-order valence-electron chi connectivity index (χ1n) is 1.73. The Morgan fingerprint density at radius 2 is 1.78 bits per heavy atom. The smallest absolute Gasteiger partial charge is 1.00 e. The van der Waals surface area contributed by atoms with Gasteiger partial charge in [0, 0.05) is 0 Å². The molecule has 0 aromatic heterocycles. The molecule has 0 amide bonds. The quantitative estimate of drug-likeness (QED) is 0.226. The average molecular weight is 146 g/mol. The predicted octanol–water partition coefficient (Wildman–Crippen LogP) is -7.33. The summed E-state index contributed by atoms with van der Waals surface area (Å²) in [5.74, 6) is 0. The van der Waals surface area contributed by atoms with Crippen LogP contribution in [0.25, 0.3) is 0 Å². The van der Waals surface area contributed by atoms with E-state index in [0.717, 1.165) is 0 Å². The van der Waals surface area contributed by atoms with Crippen molar-refractivity contribution in [1.82, 2.24) is 0 Å². The Morgan fingerprint density at radius 3 is 1.89 bits per heavy atom. The van der Waals surface area contributed by atoms with Crippen LogP contribution in [0.3, 0.4) is 0 Å². The minimum Gasteiger partial charge on any atom is -1.01 e. The van der Waals surface area contributed by atoms with E-state index in [1.165, 1.54) is 0 Å². The van der Waals surface area contributed by atoms with Gasteiger partial charge in [-0.15, -0.1) is 6.42 Å². The molecule has 5 heteroatoms. The van der Waals surface area contributed by atoms with Gasteiger partial charge in [-0.05, 0) is 6.29 Å². The van der Waals surface area contributed by atoms with E-state index in [-0.39, 0.29) is 71.8 Å². The number of carbonyl (C=O) groups excluding carboxylic acids is 2. The Morgan fingerprint density at radius 1 is 1.33 bits per heavy atom. The minimum absolute atomic E-state index is 0. The number of rotatable bonds is 3. The van der Waals surface area contributed by atoms with Crippen molar-refractivity contribution in [3.05, 3.63) is 6.10 Å². The molecule has 0 spiro atoms.